The molecule has 1 aliphatic heterocycles. The largest absolute Gasteiger partial charge is 0.376 e. The molecule has 4 heteroatoms. The van der Waals surface area contributed by atoms with Crippen LogP contribution in [0.15, 0.2) is 0 Å². The second-order valence-corrected chi connectivity index (χ2v) is 3.03. The Hall–Kier alpha value is -0.380. The molecule has 1 rings (SSSR count). The summed E-state index contributed by atoms with van der Waals surface area (Å²) >= 11 is 4.61. The van der Waals surface area contributed by atoms with Crippen molar-refractivity contribution in [2.75, 3.05) is 13.1 Å². The molecule has 0 amide bonds. The molecule has 2 N–H and O–H groups in total. The predicted molar refractivity (Wildman–Crippen MR) is 37.9 cm³/mol. The van der Waals surface area contributed by atoms with Gasteiger partial charge in [-0.3, -0.25) is 0 Å². The SMILES string of the molecule is CC1(F)CN(C(N)=S)C1. The van der Waals surface area contributed by atoms with Crippen molar-refractivity contribution in [2.24, 2.45) is 5.73 Å². The van der Waals surface area contributed by atoms with Gasteiger partial charge in [-0.05, 0) is 19.1 Å². The number of alkyl halides is 1. The first kappa shape index (κ1) is 6.74. The van der Waals surface area contributed by atoms with Crippen LogP contribution in [0.4, 0.5) is 4.39 Å². The van der Waals surface area contributed by atoms with Gasteiger partial charge in [-0.25, -0.2) is 4.39 Å². The van der Waals surface area contributed by atoms with Crippen LogP contribution in [0, 0.1) is 0 Å². The van der Waals surface area contributed by atoms with Gasteiger partial charge in [-0.1, -0.05) is 0 Å². The lowest BCUT2D eigenvalue weighted by Crippen LogP contribution is -2.60. The summed E-state index contributed by atoms with van der Waals surface area (Å²) in [5, 5.41) is 0.296. The number of rotatable bonds is 0. The number of nitrogens with two attached hydrogens (primary N) is 1. The van der Waals surface area contributed by atoms with E-state index in [9.17, 15) is 4.39 Å². The lowest BCUT2D eigenvalue weighted by atomic mass is 10.0. The van der Waals surface area contributed by atoms with Crippen molar-refractivity contribution < 1.29 is 4.39 Å². The average Bonchev–Trinajstić information content (AvgIpc) is 1.59. The van der Waals surface area contributed by atoms with E-state index < -0.39 is 5.67 Å². The van der Waals surface area contributed by atoms with Crippen molar-refractivity contribution in [1.82, 2.24) is 4.90 Å². The van der Waals surface area contributed by atoms with Crippen LogP contribution in [0.2, 0.25) is 0 Å². The number of nitrogens with zero attached hydrogens (tertiary/aromatic N) is 1. The molecule has 2 nitrogen and oxygen atoms in total. The molecule has 1 fully saturated rings. The summed E-state index contributed by atoms with van der Waals surface area (Å²) in [5.41, 5.74) is 4.14. The summed E-state index contributed by atoms with van der Waals surface area (Å²) in [6.45, 7) is 2.24. The molecule has 0 unspecified atom stereocenters. The smallest absolute Gasteiger partial charge is 0.166 e. The summed E-state index contributed by atoms with van der Waals surface area (Å²) < 4.78 is 12.7. The summed E-state index contributed by atoms with van der Waals surface area (Å²) in [7, 11) is 0. The highest BCUT2D eigenvalue weighted by Gasteiger charge is 2.39. The summed E-state index contributed by atoms with van der Waals surface area (Å²) in [6.07, 6.45) is 0. The van der Waals surface area contributed by atoms with Crippen LogP contribution in [0.1, 0.15) is 6.92 Å². The maximum Gasteiger partial charge on any atom is 0.166 e. The fourth-order valence-electron chi connectivity index (χ4n) is 0.905. The zero-order valence-corrected chi connectivity index (χ0v) is 6.04. The molecule has 0 aromatic heterocycles. The zero-order valence-electron chi connectivity index (χ0n) is 5.22. The maximum atomic E-state index is 12.7. The second-order valence-electron chi connectivity index (χ2n) is 2.61. The number of thiocarbonyl (C=S) groups is 1. The third kappa shape index (κ3) is 1.30. The summed E-state index contributed by atoms with van der Waals surface area (Å²) in [5.74, 6) is 0. The van der Waals surface area contributed by atoms with E-state index in [-0.39, 0.29) is 0 Å². The minimum atomic E-state index is -1.07. The van der Waals surface area contributed by atoms with Crippen LogP contribution in [-0.4, -0.2) is 28.8 Å². The van der Waals surface area contributed by atoms with E-state index in [0.29, 0.717) is 18.2 Å². The van der Waals surface area contributed by atoms with E-state index in [1.807, 2.05) is 0 Å². The van der Waals surface area contributed by atoms with Crippen molar-refractivity contribution in [3.63, 3.8) is 0 Å². The van der Waals surface area contributed by atoms with Gasteiger partial charge < -0.3 is 10.6 Å². The van der Waals surface area contributed by atoms with E-state index in [2.05, 4.69) is 12.2 Å². The fourth-order valence-corrected chi connectivity index (χ4v) is 1.03. The first-order valence-corrected chi connectivity index (χ1v) is 3.15. The second kappa shape index (κ2) is 1.80. The van der Waals surface area contributed by atoms with E-state index >= 15 is 0 Å². The topological polar surface area (TPSA) is 29.3 Å². The molecule has 52 valence electrons. The molecular formula is C5H9FN2S. The first-order valence-electron chi connectivity index (χ1n) is 2.74. The first-order chi connectivity index (χ1) is 4.01. The van der Waals surface area contributed by atoms with Crippen molar-refractivity contribution in [3.8, 4) is 0 Å². The van der Waals surface area contributed by atoms with Crippen molar-refractivity contribution in [1.29, 1.82) is 0 Å². The van der Waals surface area contributed by atoms with Crippen molar-refractivity contribution in [3.05, 3.63) is 0 Å². The van der Waals surface area contributed by atoms with Crippen molar-refractivity contribution in [2.45, 2.75) is 12.6 Å². The van der Waals surface area contributed by atoms with Gasteiger partial charge in [0.15, 0.2) is 5.11 Å². The molecular weight excluding hydrogens is 139 g/mol. The Morgan fingerprint density at radius 3 is 2.33 bits per heavy atom. The molecule has 0 bridgehead atoms. The molecule has 0 aliphatic carbocycles. The Bertz CT molecular complexity index is 138. The quantitative estimate of drug-likeness (QED) is 0.500. The molecule has 1 saturated heterocycles. The average molecular weight is 148 g/mol. The van der Waals surface area contributed by atoms with Crippen LogP contribution in [0.25, 0.3) is 0 Å². The highest BCUT2D eigenvalue weighted by molar-refractivity contribution is 7.80. The van der Waals surface area contributed by atoms with E-state index in [0.717, 1.165) is 0 Å². The number of halogens is 1. The number of hydrogen-bond acceptors (Lipinski definition) is 1. The fraction of sp³-hybridized carbons (Fsp3) is 0.800. The normalized spacial score (nSPS) is 23.1. The van der Waals surface area contributed by atoms with Gasteiger partial charge >= 0.3 is 0 Å². The molecule has 1 heterocycles. The third-order valence-electron chi connectivity index (χ3n) is 1.35. The highest BCUT2D eigenvalue weighted by Crippen LogP contribution is 2.23. The highest BCUT2D eigenvalue weighted by atomic mass is 32.1. The minimum absolute atomic E-state index is 0.296. The Labute approximate surface area is 58.8 Å². The molecule has 0 aromatic carbocycles. The van der Waals surface area contributed by atoms with Crippen LogP contribution in [0.3, 0.4) is 0 Å². The summed E-state index contributed by atoms with van der Waals surface area (Å²) in [6, 6.07) is 0. The molecule has 1 aliphatic rings. The van der Waals surface area contributed by atoms with E-state index in [1.54, 1.807) is 11.8 Å². The molecule has 0 aromatic rings. The van der Waals surface area contributed by atoms with Gasteiger partial charge in [0.1, 0.15) is 5.67 Å². The summed E-state index contributed by atoms with van der Waals surface area (Å²) in [4.78, 5) is 1.63. The standard InChI is InChI=1S/C5H9FN2S/c1-5(6)2-8(3-5)4(7)9/h2-3H2,1H3,(H2,7,9). The monoisotopic (exact) mass is 148 g/mol. The van der Waals surface area contributed by atoms with Crippen LogP contribution in [-0.2, 0) is 0 Å². The lowest BCUT2D eigenvalue weighted by Gasteiger charge is -2.42. The van der Waals surface area contributed by atoms with Gasteiger partial charge in [0.25, 0.3) is 0 Å². The third-order valence-corrected chi connectivity index (χ3v) is 1.61. The molecule has 0 radical (unpaired) electrons. The van der Waals surface area contributed by atoms with E-state index in [4.69, 9.17) is 5.73 Å². The van der Waals surface area contributed by atoms with Crippen LogP contribution in [0.5, 0.6) is 0 Å². The Morgan fingerprint density at radius 2 is 2.22 bits per heavy atom. The predicted octanol–water partition coefficient (Wildman–Crippen LogP) is 0.274. The van der Waals surface area contributed by atoms with Crippen LogP contribution >= 0.6 is 12.2 Å². The van der Waals surface area contributed by atoms with Gasteiger partial charge in [0, 0.05) is 0 Å². The Kier molecular flexibility index (Phi) is 1.35. The Balaban J connectivity index is 2.35. The van der Waals surface area contributed by atoms with Gasteiger partial charge in [0.2, 0.25) is 0 Å². The lowest BCUT2D eigenvalue weighted by molar-refractivity contribution is 0.0314. The van der Waals surface area contributed by atoms with Gasteiger partial charge in [-0.15, -0.1) is 0 Å². The Morgan fingerprint density at radius 1 is 1.78 bits per heavy atom. The van der Waals surface area contributed by atoms with Gasteiger partial charge in [-0.2, -0.15) is 0 Å². The molecule has 9 heavy (non-hydrogen) atoms. The zero-order chi connectivity index (χ0) is 7.07. The van der Waals surface area contributed by atoms with Crippen molar-refractivity contribution >= 4 is 17.3 Å². The van der Waals surface area contributed by atoms with E-state index in [1.165, 1.54) is 0 Å². The molecule has 0 saturated carbocycles. The molecule has 0 atom stereocenters. The van der Waals surface area contributed by atoms with Crippen LogP contribution < -0.4 is 5.73 Å². The van der Waals surface area contributed by atoms with Gasteiger partial charge in [0.05, 0.1) is 13.1 Å². The number of hydrogen-bond donors (Lipinski definition) is 1. The molecule has 0 spiro atoms. The maximum absolute atomic E-state index is 12.7. The minimum Gasteiger partial charge on any atom is -0.376 e. The number of likely N-dealkylation sites (tertiary alicyclic amines) is 1.